The highest BCUT2D eigenvalue weighted by atomic mass is 16.6. The van der Waals surface area contributed by atoms with Gasteiger partial charge in [-0.3, -0.25) is 9.78 Å². The Bertz CT molecular complexity index is 857. The zero-order valence-electron chi connectivity index (χ0n) is 17.5. The van der Waals surface area contributed by atoms with Crippen LogP contribution in [0.25, 0.3) is 0 Å². The zero-order valence-corrected chi connectivity index (χ0v) is 17.5. The molecule has 1 heterocycles. The molecule has 0 saturated heterocycles. The highest BCUT2D eigenvalue weighted by molar-refractivity contribution is 5.96. The lowest BCUT2D eigenvalue weighted by molar-refractivity contribution is -0.157. The summed E-state index contributed by atoms with van der Waals surface area (Å²) in [7, 11) is 3.15. The minimum Gasteiger partial charge on any atom is -0.493 e. The molecule has 29 heavy (non-hydrogen) atoms. The molecule has 2 rings (SSSR count). The number of benzene rings is 1. The van der Waals surface area contributed by atoms with Crippen molar-refractivity contribution in [3.8, 4) is 17.2 Å². The minimum absolute atomic E-state index is 0.0741. The molecule has 7 nitrogen and oxygen atoms in total. The maximum atomic E-state index is 12.5. The summed E-state index contributed by atoms with van der Waals surface area (Å²) in [6.07, 6.45) is 3.78. The predicted octanol–water partition coefficient (Wildman–Crippen LogP) is 3.63. The standard InChI is InChI=1S/C22H27NO6/c1-22(2,3)29-21(25)14-28-17-11-16(12-23-13-17)18(24)8-6-15-7-9-19(26-4)20(10-15)27-5/h7,9-13H,6,8,14H2,1-5H3. The van der Waals surface area contributed by atoms with E-state index < -0.39 is 11.6 Å². The van der Waals surface area contributed by atoms with E-state index >= 15 is 0 Å². The molecule has 0 spiro atoms. The van der Waals surface area contributed by atoms with Crippen LogP contribution in [0.2, 0.25) is 0 Å². The number of carbonyl (C=O) groups is 2. The topological polar surface area (TPSA) is 84.0 Å². The van der Waals surface area contributed by atoms with E-state index in [1.807, 2.05) is 18.2 Å². The molecule has 0 atom stereocenters. The number of aromatic nitrogens is 1. The fourth-order valence-electron chi connectivity index (χ4n) is 2.60. The van der Waals surface area contributed by atoms with Gasteiger partial charge in [0.2, 0.25) is 0 Å². The summed E-state index contributed by atoms with van der Waals surface area (Å²) in [5.41, 5.74) is 0.800. The molecule has 0 saturated carbocycles. The van der Waals surface area contributed by atoms with Gasteiger partial charge in [0.25, 0.3) is 0 Å². The number of nitrogens with zero attached hydrogens (tertiary/aromatic N) is 1. The molecule has 0 N–H and O–H groups in total. The first-order valence-electron chi connectivity index (χ1n) is 9.25. The lowest BCUT2D eigenvalue weighted by Gasteiger charge is -2.19. The van der Waals surface area contributed by atoms with Crippen LogP contribution >= 0.6 is 0 Å². The van der Waals surface area contributed by atoms with Crippen LogP contribution in [0.4, 0.5) is 0 Å². The quantitative estimate of drug-likeness (QED) is 0.468. The van der Waals surface area contributed by atoms with Crippen LogP contribution in [0.3, 0.4) is 0 Å². The van der Waals surface area contributed by atoms with Gasteiger partial charge in [-0.25, -0.2) is 4.79 Å². The Balaban J connectivity index is 1.94. The molecule has 156 valence electrons. The largest absolute Gasteiger partial charge is 0.493 e. The first-order chi connectivity index (χ1) is 13.7. The van der Waals surface area contributed by atoms with Crippen molar-refractivity contribution < 1.29 is 28.5 Å². The number of hydrogen-bond donors (Lipinski definition) is 0. The number of rotatable bonds is 9. The average Bonchev–Trinajstić information content (AvgIpc) is 2.69. The number of hydrogen-bond acceptors (Lipinski definition) is 7. The number of carbonyl (C=O) groups excluding carboxylic acids is 2. The fourth-order valence-corrected chi connectivity index (χ4v) is 2.60. The van der Waals surface area contributed by atoms with Crippen LogP contribution in [0.1, 0.15) is 43.1 Å². The highest BCUT2D eigenvalue weighted by Crippen LogP contribution is 2.28. The van der Waals surface area contributed by atoms with Gasteiger partial charge in [-0.2, -0.15) is 0 Å². The van der Waals surface area contributed by atoms with E-state index in [1.165, 1.54) is 12.4 Å². The van der Waals surface area contributed by atoms with Crippen LogP contribution < -0.4 is 14.2 Å². The summed E-state index contributed by atoms with van der Waals surface area (Å²) in [5, 5.41) is 0. The molecule has 0 radical (unpaired) electrons. The van der Waals surface area contributed by atoms with E-state index in [0.29, 0.717) is 35.7 Å². The third kappa shape index (κ3) is 7.10. The van der Waals surface area contributed by atoms with Gasteiger partial charge in [0.15, 0.2) is 23.9 Å². The second-order valence-electron chi connectivity index (χ2n) is 7.40. The van der Waals surface area contributed by atoms with Gasteiger partial charge in [-0.05, 0) is 51.0 Å². The third-order valence-electron chi connectivity index (χ3n) is 3.90. The van der Waals surface area contributed by atoms with Gasteiger partial charge in [-0.15, -0.1) is 0 Å². The second-order valence-corrected chi connectivity index (χ2v) is 7.40. The fraction of sp³-hybridized carbons (Fsp3) is 0.409. The van der Waals surface area contributed by atoms with Crippen molar-refractivity contribution in [2.24, 2.45) is 0 Å². The van der Waals surface area contributed by atoms with Crippen LogP contribution in [0, 0.1) is 0 Å². The summed E-state index contributed by atoms with van der Waals surface area (Å²) in [6.45, 7) is 5.10. The molecule has 0 bridgehead atoms. The zero-order chi connectivity index (χ0) is 21.4. The van der Waals surface area contributed by atoms with E-state index in [1.54, 1.807) is 41.1 Å². The Morgan fingerprint density at radius 3 is 2.38 bits per heavy atom. The van der Waals surface area contributed by atoms with Crippen molar-refractivity contribution in [3.63, 3.8) is 0 Å². The van der Waals surface area contributed by atoms with E-state index in [4.69, 9.17) is 18.9 Å². The van der Waals surface area contributed by atoms with E-state index in [-0.39, 0.29) is 12.4 Å². The number of Topliss-reactive ketones (excluding diaryl/α,β-unsaturated/α-hetero) is 1. The molecule has 0 aliphatic carbocycles. The number of esters is 1. The van der Waals surface area contributed by atoms with Crippen molar-refractivity contribution >= 4 is 11.8 Å². The van der Waals surface area contributed by atoms with Crippen molar-refractivity contribution in [2.75, 3.05) is 20.8 Å². The van der Waals surface area contributed by atoms with Crippen molar-refractivity contribution in [2.45, 2.75) is 39.2 Å². The van der Waals surface area contributed by atoms with E-state index in [0.717, 1.165) is 5.56 Å². The van der Waals surface area contributed by atoms with Gasteiger partial charge in [0.05, 0.1) is 20.4 Å². The summed E-state index contributed by atoms with van der Waals surface area (Å²) in [6, 6.07) is 7.14. The van der Waals surface area contributed by atoms with Crippen molar-refractivity contribution in [1.29, 1.82) is 0 Å². The summed E-state index contributed by atoms with van der Waals surface area (Å²) in [4.78, 5) is 28.3. The van der Waals surface area contributed by atoms with Crippen molar-refractivity contribution in [1.82, 2.24) is 4.98 Å². The summed E-state index contributed by atoms with van der Waals surface area (Å²) in [5.74, 6) is 1.05. The van der Waals surface area contributed by atoms with Crippen LogP contribution in [0.5, 0.6) is 17.2 Å². The molecule has 0 amide bonds. The molecular formula is C22H27NO6. The SMILES string of the molecule is COc1ccc(CCC(=O)c2cncc(OCC(=O)OC(C)(C)C)c2)cc1OC. The third-order valence-corrected chi connectivity index (χ3v) is 3.90. The molecule has 0 unspecified atom stereocenters. The predicted molar refractivity (Wildman–Crippen MR) is 108 cm³/mol. The molecule has 0 aliphatic rings. The average molecular weight is 401 g/mol. The highest BCUT2D eigenvalue weighted by Gasteiger charge is 2.17. The Morgan fingerprint density at radius 1 is 1.00 bits per heavy atom. The second kappa shape index (κ2) is 9.91. The molecule has 0 aliphatic heterocycles. The van der Waals surface area contributed by atoms with Crippen LogP contribution in [-0.4, -0.2) is 43.2 Å². The van der Waals surface area contributed by atoms with E-state index in [2.05, 4.69) is 4.98 Å². The summed E-state index contributed by atoms with van der Waals surface area (Å²) >= 11 is 0. The van der Waals surface area contributed by atoms with Gasteiger partial charge < -0.3 is 18.9 Å². The minimum atomic E-state index is -0.583. The van der Waals surface area contributed by atoms with Gasteiger partial charge >= 0.3 is 5.97 Å². The Kier molecular flexibility index (Phi) is 7.59. The number of ketones is 1. The number of ether oxygens (including phenoxy) is 4. The van der Waals surface area contributed by atoms with Crippen molar-refractivity contribution in [3.05, 3.63) is 47.8 Å². The molecule has 1 aromatic heterocycles. The Labute approximate surface area is 170 Å². The van der Waals surface area contributed by atoms with E-state index in [9.17, 15) is 9.59 Å². The Morgan fingerprint density at radius 2 is 1.72 bits per heavy atom. The van der Waals surface area contributed by atoms with Gasteiger partial charge in [-0.1, -0.05) is 6.07 Å². The first kappa shape index (κ1) is 22.2. The molecule has 0 fully saturated rings. The molecule has 7 heteroatoms. The molecular weight excluding hydrogens is 374 g/mol. The molecule has 1 aromatic carbocycles. The maximum Gasteiger partial charge on any atom is 0.344 e. The number of aryl methyl sites for hydroxylation is 1. The lowest BCUT2D eigenvalue weighted by atomic mass is 10.0. The molecule has 2 aromatic rings. The number of methoxy groups -OCH3 is 2. The normalized spacial score (nSPS) is 10.9. The first-order valence-corrected chi connectivity index (χ1v) is 9.25. The van der Waals surface area contributed by atoms with Gasteiger partial charge in [0, 0.05) is 18.2 Å². The Hall–Kier alpha value is -3.09. The van der Waals surface area contributed by atoms with Gasteiger partial charge in [0.1, 0.15) is 11.4 Å². The van der Waals surface area contributed by atoms with Crippen LogP contribution in [-0.2, 0) is 16.0 Å². The maximum absolute atomic E-state index is 12.5. The van der Waals surface area contributed by atoms with Crippen LogP contribution in [0.15, 0.2) is 36.7 Å². The smallest absolute Gasteiger partial charge is 0.344 e. The summed E-state index contributed by atoms with van der Waals surface area (Å²) < 4.78 is 21.1. The number of pyridine rings is 1. The lowest BCUT2D eigenvalue weighted by Crippen LogP contribution is -2.27. The monoisotopic (exact) mass is 401 g/mol.